The van der Waals surface area contributed by atoms with Gasteiger partial charge in [0.05, 0.1) is 0 Å². The third-order valence-electron chi connectivity index (χ3n) is 7.74. The van der Waals surface area contributed by atoms with Gasteiger partial charge in [0.15, 0.2) is 0 Å². The largest absolute Gasteiger partial charge is 0.489 e. The van der Waals surface area contributed by atoms with Gasteiger partial charge in [0, 0.05) is 6.42 Å². The molecule has 0 aliphatic carbocycles. The summed E-state index contributed by atoms with van der Waals surface area (Å²) in [4.78, 5) is 12.2. The molecule has 0 N–H and O–H groups in total. The zero-order valence-electron chi connectivity index (χ0n) is 25.8. The van der Waals surface area contributed by atoms with Crippen LogP contribution in [0.25, 0.3) is 11.1 Å². The summed E-state index contributed by atoms with van der Waals surface area (Å²) >= 11 is 0. The lowest BCUT2D eigenvalue weighted by molar-refractivity contribution is -0.149. The van der Waals surface area contributed by atoms with Crippen molar-refractivity contribution in [2.45, 2.75) is 117 Å². The summed E-state index contributed by atoms with van der Waals surface area (Å²) < 4.78 is 11.9. The maximum Gasteiger partial charge on any atom is 0.306 e. The van der Waals surface area contributed by atoms with Gasteiger partial charge in [-0.2, -0.15) is 0 Å². The van der Waals surface area contributed by atoms with Crippen molar-refractivity contribution in [1.82, 2.24) is 0 Å². The van der Waals surface area contributed by atoms with E-state index in [-0.39, 0.29) is 12.1 Å². The fourth-order valence-corrected chi connectivity index (χ4v) is 5.20. The van der Waals surface area contributed by atoms with E-state index >= 15 is 0 Å². The zero-order valence-corrected chi connectivity index (χ0v) is 25.8. The highest BCUT2D eigenvalue weighted by Gasteiger charge is 2.13. The number of ether oxygens (including phenoxy) is 2. The first-order valence-electron chi connectivity index (χ1n) is 16.2. The molecule has 0 saturated carbocycles. The second-order valence-corrected chi connectivity index (χ2v) is 11.4. The molecule has 0 spiro atoms. The summed E-state index contributed by atoms with van der Waals surface area (Å²) in [5.41, 5.74) is 6.34. The molecule has 0 heterocycles. The minimum absolute atomic E-state index is 0.124. The minimum Gasteiger partial charge on any atom is -0.489 e. The summed E-state index contributed by atoms with van der Waals surface area (Å²) in [5, 5.41) is 0. The summed E-state index contributed by atoms with van der Waals surface area (Å²) in [6, 6.07) is 26.1. The Labute approximate surface area is 249 Å². The molecule has 3 aromatic carbocycles. The molecule has 1 atom stereocenters. The fraction of sp³-hybridized carbons (Fsp3) is 0.500. The lowest BCUT2D eigenvalue weighted by Gasteiger charge is -2.18. The molecule has 3 heteroatoms. The van der Waals surface area contributed by atoms with Gasteiger partial charge in [-0.15, -0.1) is 0 Å². The van der Waals surface area contributed by atoms with E-state index in [2.05, 4.69) is 86.6 Å². The number of unbranched alkanes of at least 4 members (excludes halogenated alkanes) is 8. The topological polar surface area (TPSA) is 35.5 Å². The lowest BCUT2D eigenvalue weighted by Crippen LogP contribution is -2.22. The summed E-state index contributed by atoms with van der Waals surface area (Å²) in [7, 11) is 0. The molecule has 0 saturated heterocycles. The van der Waals surface area contributed by atoms with Crippen LogP contribution in [0.2, 0.25) is 0 Å². The first kappa shape index (κ1) is 32.4. The number of aryl methyl sites for hydroxylation is 3. The second-order valence-electron chi connectivity index (χ2n) is 11.4. The number of hydrogen-bond donors (Lipinski definition) is 0. The highest BCUT2D eigenvalue weighted by atomic mass is 16.6. The number of esters is 1. The van der Waals surface area contributed by atoms with Crippen molar-refractivity contribution in [3.63, 3.8) is 0 Å². The molecule has 41 heavy (non-hydrogen) atoms. The van der Waals surface area contributed by atoms with Gasteiger partial charge in [0.25, 0.3) is 0 Å². The van der Waals surface area contributed by atoms with E-state index in [9.17, 15) is 4.79 Å². The molecule has 0 aliphatic rings. The average Bonchev–Trinajstić information content (AvgIpc) is 3.00. The summed E-state index contributed by atoms with van der Waals surface area (Å²) in [5.74, 6) is 0.807. The second kappa shape index (κ2) is 19.1. The Hall–Kier alpha value is -3.07. The van der Waals surface area contributed by atoms with Crippen LogP contribution in [0.5, 0.6) is 5.75 Å². The van der Waals surface area contributed by atoms with Crippen molar-refractivity contribution < 1.29 is 14.3 Å². The van der Waals surface area contributed by atoms with Crippen LogP contribution in [0.4, 0.5) is 0 Å². The van der Waals surface area contributed by atoms with Crippen LogP contribution in [0.1, 0.15) is 108 Å². The smallest absolute Gasteiger partial charge is 0.306 e. The molecule has 3 nitrogen and oxygen atoms in total. The SMILES string of the molecule is CCCCCCCCCc1ccc(CCc2ccc(-c3ccccc3)cc2)c(OCC(C)OC(=O)CCCCC)c1. The van der Waals surface area contributed by atoms with Crippen LogP contribution < -0.4 is 4.74 Å². The van der Waals surface area contributed by atoms with E-state index in [0.717, 1.165) is 44.3 Å². The molecule has 0 aliphatic heterocycles. The number of benzene rings is 3. The molecule has 3 rings (SSSR count). The molecule has 3 aromatic rings. The molecule has 0 fully saturated rings. The number of carbonyl (C=O) groups is 1. The first-order chi connectivity index (χ1) is 20.1. The Morgan fingerprint density at radius 2 is 1.29 bits per heavy atom. The Morgan fingerprint density at radius 1 is 0.659 bits per heavy atom. The van der Waals surface area contributed by atoms with Crippen LogP contribution in [0.3, 0.4) is 0 Å². The van der Waals surface area contributed by atoms with E-state index < -0.39 is 0 Å². The van der Waals surface area contributed by atoms with Crippen LogP contribution >= 0.6 is 0 Å². The first-order valence-corrected chi connectivity index (χ1v) is 16.2. The van der Waals surface area contributed by atoms with Gasteiger partial charge in [0.1, 0.15) is 18.5 Å². The third kappa shape index (κ3) is 12.5. The third-order valence-corrected chi connectivity index (χ3v) is 7.74. The molecule has 0 bridgehead atoms. The van der Waals surface area contributed by atoms with Gasteiger partial charge in [-0.05, 0) is 72.9 Å². The molecular weight excluding hydrogens is 504 g/mol. The average molecular weight is 557 g/mol. The highest BCUT2D eigenvalue weighted by Crippen LogP contribution is 2.25. The molecule has 0 amide bonds. The molecular formula is C38H52O3. The maximum atomic E-state index is 12.2. The quantitative estimate of drug-likeness (QED) is 0.103. The molecule has 0 aromatic heterocycles. The van der Waals surface area contributed by atoms with Crippen molar-refractivity contribution in [1.29, 1.82) is 0 Å². The molecule has 222 valence electrons. The van der Waals surface area contributed by atoms with E-state index in [4.69, 9.17) is 9.47 Å². The standard InChI is InChI=1S/C38H52O3/c1-4-6-8-9-10-11-14-17-33-24-28-36(37(29-33)40-30-31(3)41-38(39)20-13-7-5-2)27-23-32-21-25-35(26-22-32)34-18-15-12-16-19-34/h12,15-16,18-19,21-22,24-26,28-29,31H,4-11,13-14,17,20,23,27,30H2,1-3H3. The Balaban J connectivity index is 1.59. The van der Waals surface area contributed by atoms with Crippen molar-refractivity contribution in [2.75, 3.05) is 6.61 Å². The van der Waals surface area contributed by atoms with Crippen molar-refractivity contribution in [3.05, 3.63) is 89.5 Å². The van der Waals surface area contributed by atoms with Crippen molar-refractivity contribution in [2.24, 2.45) is 0 Å². The zero-order chi connectivity index (χ0) is 29.1. The van der Waals surface area contributed by atoms with Gasteiger partial charge in [-0.3, -0.25) is 4.79 Å². The molecule has 0 radical (unpaired) electrons. The van der Waals surface area contributed by atoms with Crippen LogP contribution in [0.15, 0.2) is 72.8 Å². The lowest BCUT2D eigenvalue weighted by atomic mass is 9.98. The number of hydrogen-bond acceptors (Lipinski definition) is 3. The normalized spacial score (nSPS) is 11.8. The van der Waals surface area contributed by atoms with Crippen molar-refractivity contribution in [3.8, 4) is 16.9 Å². The van der Waals surface area contributed by atoms with Gasteiger partial charge < -0.3 is 9.47 Å². The Bertz CT molecular complexity index is 1120. The van der Waals surface area contributed by atoms with Crippen LogP contribution in [-0.4, -0.2) is 18.7 Å². The Kier molecular flexibility index (Phi) is 15.1. The highest BCUT2D eigenvalue weighted by molar-refractivity contribution is 5.69. The van der Waals surface area contributed by atoms with Gasteiger partial charge in [0.2, 0.25) is 0 Å². The number of rotatable bonds is 20. The van der Waals surface area contributed by atoms with Crippen LogP contribution in [-0.2, 0) is 28.8 Å². The van der Waals surface area contributed by atoms with Crippen molar-refractivity contribution >= 4 is 5.97 Å². The van der Waals surface area contributed by atoms with E-state index in [0.29, 0.717) is 13.0 Å². The number of carbonyl (C=O) groups excluding carboxylic acids is 1. The summed E-state index contributed by atoms with van der Waals surface area (Å²) in [6.07, 6.45) is 15.4. The Morgan fingerprint density at radius 3 is 2.02 bits per heavy atom. The predicted molar refractivity (Wildman–Crippen MR) is 173 cm³/mol. The van der Waals surface area contributed by atoms with E-state index in [1.807, 2.05) is 6.92 Å². The van der Waals surface area contributed by atoms with E-state index in [1.54, 1.807) is 0 Å². The van der Waals surface area contributed by atoms with Gasteiger partial charge in [-0.1, -0.05) is 132 Å². The van der Waals surface area contributed by atoms with Gasteiger partial charge in [-0.25, -0.2) is 0 Å². The predicted octanol–water partition coefficient (Wildman–Crippen LogP) is 10.3. The fourth-order valence-electron chi connectivity index (χ4n) is 5.20. The monoisotopic (exact) mass is 556 g/mol. The summed E-state index contributed by atoms with van der Waals surface area (Å²) in [6.45, 7) is 6.71. The van der Waals surface area contributed by atoms with Gasteiger partial charge >= 0.3 is 5.97 Å². The minimum atomic E-state index is -0.269. The van der Waals surface area contributed by atoms with E-state index in [1.165, 1.54) is 72.8 Å². The molecule has 1 unspecified atom stereocenters. The van der Waals surface area contributed by atoms with Crippen LogP contribution in [0, 0.1) is 0 Å². The maximum absolute atomic E-state index is 12.2.